The van der Waals surface area contributed by atoms with Gasteiger partial charge in [0, 0.05) is 31.4 Å². The monoisotopic (exact) mass is 367 g/mol. The van der Waals surface area contributed by atoms with Crippen LogP contribution in [-0.4, -0.2) is 16.4 Å². The predicted octanol–water partition coefficient (Wildman–Crippen LogP) is 2.14. The summed E-state index contributed by atoms with van der Waals surface area (Å²) in [5, 5.41) is 5.12. The third kappa shape index (κ3) is 5.47. The van der Waals surface area contributed by atoms with Crippen LogP contribution in [0.3, 0.4) is 0 Å². The first-order valence-electron chi connectivity index (χ1n) is 7.56. The Kier molecular flexibility index (Phi) is 5.81. The predicted molar refractivity (Wildman–Crippen MR) is 88.3 cm³/mol. The Bertz CT molecular complexity index is 858. The van der Waals surface area contributed by atoms with Crippen LogP contribution in [0.1, 0.15) is 18.1 Å². The van der Waals surface area contributed by atoms with Crippen molar-refractivity contribution in [3.8, 4) is 0 Å². The molecule has 0 aliphatic carbocycles. The summed E-state index contributed by atoms with van der Waals surface area (Å²) < 4.78 is 38.7. The van der Waals surface area contributed by atoms with Crippen molar-refractivity contribution in [1.29, 1.82) is 0 Å². The fourth-order valence-electron chi connectivity index (χ4n) is 2.14. The van der Waals surface area contributed by atoms with Crippen molar-refractivity contribution in [2.75, 3.05) is 5.32 Å². The minimum atomic E-state index is -4.60. The van der Waals surface area contributed by atoms with Crippen LogP contribution < -0.4 is 16.2 Å². The summed E-state index contributed by atoms with van der Waals surface area (Å²) in [6.45, 7) is 0.990. The van der Waals surface area contributed by atoms with Gasteiger partial charge in [-0.05, 0) is 23.8 Å². The molecule has 0 aliphatic rings. The van der Waals surface area contributed by atoms with Crippen LogP contribution in [-0.2, 0) is 28.9 Å². The molecule has 0 fully saturated rings. The number of hydrogen-bond donors (Lipinski definition) is 2. The zero-order valence-corrected chi connectivity index (χ0v) is 13.8. The lowest BCUT2D eigenvalue weighted by Gasteiger charge is -2.11. The number of pyridine rings is 1. The third-order valence-corrected chi connectivity index (χ3v) is 3.39. The van der Waals surface area contributed by atoms with E-state index in [9.17, 15) is 27.6 Å². The number of anilines is 1. The second-order valence-corrected chi connectivity index (χ2v) is 5.54. The van der Waals surface area contributed by atoms with Gasteiger partial charge < -0.3 is 15.2 Å². The number of nitrogens with one attached hydrogen (secondary N) is 2. The first-order chi connectivity index (χ1) is 12.1. The Morgan fingerprint density at radius 1 is 1.08 bits per heavy atom. The van der Waals surface area contributed by atoms with Crippen molar-refractivity contribution in [1.82, 2.24) is 9.88 Å². The summed E-state index contributed by atoms with van der Waals surface area (Å²) in [6, 6.07) is 8.12. The Morgan fingerprint density at radius 2 is 1.73 bits per heavy atom. The maximum absolute atomic E-state index is 12.7. The summed E-state index contributed by atoms with van der Waals surface area (Å²) in [5.41, 5.74) is -0.377. The Balaban J connectivity index is 1.97. The van der Waals surface area contributed by atoms with Gasteiger partial charge in [0.25, 0.3) is 5.56 Å². The third-order valence-electron chi connectivity index (χ3n) is 3.39. The fraction of sp³-hybridized carbons (Fsp3) is 0.235. The first-order valence-corrected chi connectivity index (χ1v) is 7.56. The molecular formula is C17H16F3N3O3. The standard InChI is InChI=1S/C17H16F3N3O3/c1-11(24)22-14-5-2-12(3-6-14)8-21-15(25)10-23-9-13(17(18,19)20)4-7-16(23)26/h2-7,9H,8,10H2,1H3,(H,21,25)(H,22,24). The number of hydrogen-bond acceptors (Lipinski definition) is 3. The van der Waals surface area contributed by atoms with Gasteiger partial charge in [0.2, 0.25) is 11.8 Å². The van der Waals surface area contributed by atoms with E-state index in [1.807, 2.05) is 0 Å². The van der Waals surface area contributed by atoms with Gasteiger partial charge in [0.05, 0.1) is 5.56 Å². The highest BCUT2D eigenvalue weighted by Crippen LogP contribution is 2.27. The lowest BCUT2D eigenvalue weighted by Crippen LogP contribution is -2.32. The van der Waals surface area contributed by atoms with E-state index in [-0.39, 0.29) is 12.5 Å². The summed E-state index contributed by atoms with van der Waals surface area (Å²) in [4.78, 5) is 34.5. The average molecular weight is 367 g/mol. The Labute approximate surface area is 146 Å². The topological polar surface area (TPSA) is 80.2 Å². The number of rotatable bonds is 5. The molecule has 0 unspecified atom stereocenters. The van der Waals surface area contributed by atoms with Gasteiger partial charge in [-0.2, -0.15) is 13.2 Å². The normalized spacial score (nSPS) is 11.1. The van der Waals surface area contributed by atoms with Crippen LogP contribution in [0.25, 0.3) is 0 Å². The van der Waals surface area contributed by atoms with E-state index in [2.05, 4.69) is 10.6 Å². The van der Waals surface area contributed by atoms with Crippen LogP contribution in [0.15, 0.2) is 47.4 Å². The van der Waals surface area contributed by atoms with Crippen LogP contribution in [0.4, 0.5) is 18.9 Å². The number of carbonyl (C=O) groups excluding carboxylic acids is 2. The molecule has 2 aromatic rings. The molecule has 2 amide bonds. The van der Waals surface area contributed by atoms with Gasteiger partial charge in [-0.15, -0.1) is 0 Å². The van der Waals surface area contributed by atoms with E-state index in [0.717, 1.165) is 11.6 Å². The molecule has 1 heterocycles. The minimum absolute atomic E-state index is 0.132. The zero-order valence-electron chi connectivity index (χ0n) is 13.8. The molecule has 0 aliphatic heterocycles. The van der Waals surface area contributed by atoms with Gasteiger partial charge in [0.1, 0.15) is 6.54 Å². The number of benzene rings is 1. The van der Waals surface area contributed by atoms with Gasteiger partial charge in [-0.25, -0.2) is 0 Å². The zero-order chi connectivity index (χ0) is 19.3. The molecule has 0 spiro atoms. The van der Waals surface area contributed by atoms with Crippen LogP contribution in [0.2, 0.25) is 0 Å². The van der Waals surface area contributed by atoms with Crippen LogP contribution in [0.5, 0.6) is 0 Å². The molecule has 0 bridgehead atoms. The molecule has 1 aromatic carbocycles. The molecule has 1 aromatic heterocycles. The highest BCUT2D eigenvalue weighted by atomic mass is 19.4. The van der Waals surface area contributed by atoms with Gasteiger partial charge in [0.15, 0.2) is 0 Å². The summed E-state index contributed by atoms with van der Waals surface area (Å²) in [7, 11) is 0. The van der Waals surface area contributed by atoms with Crippen LogP contribution >= 0.6 is 0 Å². The lowest BCUT2D eigenvalue weighted by molar-refractivity contribution is -0.138. The van der Waals surface area contributed by atoms with E-state index in [1.165, 1.54) is 6.92 Å². The number of amides is 2. The van der Waals surface area contributed by atoms with Crippen molar-refractivity contribution >= 4 is 17.5 Å². The lowest BCUT2D eigenvalue weighted by atomic mass is 10.2. The van der Waals surface area contributed by atoms with Crippen molar-refractivity contribution < 1.29 is 22.8 Å². The fourth-order valence-corrected chi connectivity index (χ4v) is 2.14. The molecule has 0 saturated carbocycles. The first kappa shape index (κ1) is 19.2. The molecule has 0 saturated heterocycles. The number of aromatic nitrogens is 1. The van der Waals surface area contributed by atoms with Crippen molar-refractivity contribution in [3.63, 3.8) is 0 Å². The van der Waals surface area contributed by atoms with E-state index in [4.69, 9.17) is 0 Å². The maximum Gasteiger partial charge on any atom is 0.417 e. The van der Waals surface area contributed by atoms with E-state index < -0.39 is 29.8 Å². The van der Waals surface area contributed by atoms with Crippen LogP contribution in [0, 0.1) is 0 Å². The van der Waals surface area contributed by atoms with Crippen molar-refractivity contribution in [2.45, 2.75) is 26.2 Å². The molecule has 2 N–H and O–H groups in total. The number of alkyl halides is 3. The molecule has 9 heteroatoms. The molecule has 6 nitrogen and oxygen atoms in total. The van der Waals surface area contributed by atoms with E-state index >= 15 is 0 Å². The number of halogens is 3. The molecule has 26 heavy (non-hydrogen) atoms. The summed E-state index contributed by atoms with van der Waals surface area (Å²) in [6.07, 6.45) is -3.98. The maximum atomic E-state index is 12.7. The second kappa shape index (κ2) is 7.85. The van der Waals surface area contributed by atoms with Gasteiger partial charge in [-0.3, -0.25) is 14.4 Å². The number of nitrogens with zero attached hydrogens (tertiary/aromatic N) is 1. The minimum Gasteiger partial charge on any atom is -0.350 e. The SMILES string of the molecule is CC(=O)Nc1ccc(CNC(=O)Cn2cc(C(F)(F)F)ccc2=O)cc1. The highest BCUT2D eigenvalue weighted by molar-refractivity contribution is 5.88. The molecule has 2 rings (SSSR count). The molecule has 138 valence electrons. The number of carbonyl (C=O) groups is 2. The smallest absolute Gasteiger partial charge is 0.350 e. The largest absolute Gasteiger partial charge is 0.417 e. The van der Waals surface area contributed by atoms with Crippen molar-refractivity contribution in [3.05, 3.63) is 64.1 Å². The second-order valence-electron chi connectivity index (χ2n) is 5.54. The Morgan fingerprint density at radius 3 is 2.31 bits per heavy atom. The average Bonchev–Trinajstić information content (AvgIpc) is 2.54. The summed E-state index contributed by atoms with van der Waals surface area (Å²) in [5.74, 6) is -0.810. The molecule has 0 radical (unpaired) electrons. The van der Waals surface area contributed by atoms with Gasteiger partial charge >= 0.3 is 6.18 Å². The molecule has 0 atom stereocenters. The highest BCUT2D eigenvalue weighted by Gasteiger charge is 2.31. The van der Waals surface area contributed by atoms with Crippen molar-refractivity contribution in [2.24, 2.45) is 0 Å². The Hall–Kier alpha value is -3.10. The van der Waals surface area contributed by atoms with Gasteiger partial charge in [-0.1, -0.05) is 12.1 Å². The summed E-state index contributed by atoms with van der Waals surface area (Å²) >= 11 is 0. The van der Waals surface area contributed by atoms with E-state index in [1.54, 1.807) is 24.3 Å². The van der Waals surface area contributed by atoms with E-state index in [0.29, 0.717) is 22.5 Å². The quantitative estimate of drug-likeness (QED) is 0.850. The molecular weight excluding hydrogens is 351 g/mol.